The van der Waals surface area contributed by atoms with Crippen molar-refractivity contribution in [2.45, 2.75) is 52.0 Å². The first-order chi connectivity index (χ1) is 9.99. The first-order valence-electron chi connectivity index (χ1n) is 7.84. The Morgan fingerprint density at radius 1 is 1.33 bits per heavy atom. The molecule has 0 bridgehead atoms. The number of hydrogen-bond donors (Lipinski definition) is 3. The summed E-state index contributed by atoms with van der Waals surface area (Å²) in [5.74, 6) is -0.563. The Bertz CT molecular complexity index is 334. The largest absolute Gasteiger partial charge is 0.481 e. The molecule has 21 heavy (non-hydrogen) atoms. The third-order valence-electron chi connectivity index (χ3n) is 3.56. The van der Waals surface area contributed by atoms with Gasteiger partial charge in [-0.15, -0.1) is 0 Å². The number of carbonyl (C=O) groups is 2. The van der Waals surface area contributed by atoms with Crippen LogP contribution in [0.15, 0.2) is 0 Å². The minimum Gasteiger partial charge on any atom is -0.481 e. The maximum absolute atomic E-state index is 11.7. The van der Waals surface area contributed by atoms with E-state index in [0.29, 0.717) is 31.9 Å². The highest BCUT2D eigenvalue weighted by atomic mass is 16.5. The number of ether oxygens (including phenoxy) is 1. The van der Waals surface area contributed by atoms with Crippen molar-refractivity contribution in [3.05, 3.63) is 0 Å². The van der Waals surface area contributed by atoms with Crippen LogP contribution in [0.5, 0.6) is 0 Å². The van der Waals surface area contributed by atoms with Gasteiger partial charge < -0.3 is 20.5 Å². The molecule has 0 aromatic carbocycles. The van der Waals surface area contributed by atoms with Crippen molar-refractivity contribution in [2.75, 3.05) is 19.8 Å². The molecule has 0 aromatic heterocycles. The zero-order valence-electron chi connectivity index (χ0n) is 13.1. The van der Waals surface area contributed by atoms with Gasteiger partial charge in [-0.1, -0.05) is 20.3 Å². The number of urea groups is 1. The van der Waals surface area contributed by atoms with Gasteiger partial charge in [0.05, 0.1) is 5.92 Å². The highest BCUT2D eigenvalue weighted by Gasteiger charge is 2.27. The van der Waals surface area contributed by atoms with Crippen molar-refractivity contribution in [1.82, 2.24) is 10.6 Å². The van der Waals surface area contributed by atoms with Gasteiger partial charge in [-0.2, -0.15) is 0 Å². The fourth-order valence-electron chi connectivity index (χ4n) is 2.48. The first kappa shape index (κ1) is 17.8. The SMILES string of the molecule is CC(C)COCCCNC(=O)NC1CCCC(C(=O)O)C1. The summed E-state index contributed by atoms with van der Waals surface area (Å²) >= 11 is 0. The predicted octanol–water partition coefficient (Wildman–Crippen LogP) is 1.99. The molecule has 0 saturated heterocycles. The molecule has 0 radical (unpaired) electrons. The molecule has 0 spiro atoms. The van der Waals surface area contributed by atoms with Gasteiger partial charge in [0, 0.05) is 25.8 Å². The average molecular weight is 300 g/mol. The monoisotopic (exact) mass is 300 g/mol. The van der Waals surface area contributed by atoms with Gasteiger partial charge in [0.25, 0.3) is 0 Å². The smallest absolute Gasteiger partial charge is 0.315 e. The van der Waals surface area contributed by atoms with Gasteiger partial charge in [-0.05, 0) is 31.6 Å². The molecular weight excluding hydrogens is 272 g/mol. The van der Waals surface area contributed by atoms with E-state index in [-0.39, 0.29) is 18.0 Å². The second-order valence-electron chi connectivity index (χ2n) is 6.12. The Hall–Kier alpha value is -1.30. The molecule has 2 unspecified atom stereocenters. The maximum atomic E-state index is 11.7. The van der Waals surface area contributed by atoms with E-state index in [9.17, 15) is 9.59 Å². The second kappa shape index (κ2) is 9.60. The summed E-state index contributed by atoms with van der Waals surface area (Å²) in [5, 5.41) is 14.7. The molecule has 2 amide bonds. The fourth-order valence-corrected chi connectivity index (χ4v) is 2.48. The summed E-state index contributed by atoms with van der Waals surface area (Å²) in [5.41, 5.74) is 0. The van der Waals surface area contributed by atoms with Crippen molar-refractivity contribution >= 4 is 12.0 Å². The first-order valence-corrected chi connectivity index (χ1v) is 7.84. The molecule has 0 aliphatic heterocycles. The second-order valence-corrected chi connectivity index (χ2v) is 6.12. The summed E-state index contributed by atoms with van der Waals surface area (Å²) in [4.78, 5) is 22.7. The summed E-state index contributed by atoms with van der Waals surface area (Å²) in [6, 6.07) is -0.244. The van der Waals surface area contributed by atoms with E-state index in [1.54, 1.807) is 0 Å². The lowest BCUT2D eigenvalue weighted by Crippen LogP contribution is -2.45. The summed E-state index contributed by atoms with van der Waals surface area (Å²) in [7, 11) is 0. The van der Waals surface area contributed by atoms with Gasteiger partial charge >= 0.3 is 12.0 Å². The molecule has 1 saturated carbocycles. The number of rotatable bonds is 8. The number of hydrogen-bond acceptors (Lipinski definition) is 3. The van der Waals surface area contributed by atoms with Crippen LogP contribution in [0, 0.1) is 11.8 Å². The van der Waals surface area contributed by atoms with E-state index >= 15 is 0 Å². The topological polar surface area (TPSA) is 87.7 Å². The molecule has 1 rings (SSSR count). The van der Waals surface area contributed by atoms with Gasteiger partial charge in [0.1, 0.15) is 0 Å². The molecule has 6 nitrogen and oxygen atoms in total. The van der Waals surface area contributed by atoms with E-state index in [1.165, 1.54) is 0 Å². The number of nitrogens with one attached hydrogen (secondary N) is 2. The van der Waals surface area contributed by atoms with Gasteiger partial charge in [0.2, 0.25) is 0 Å². The van der Waals surface area contributed by atoms with E-state index in [4.69, 9.17) is 9.84 Å². The van der Waals surface area contributed by atoms with E-state index < -0.39 is 5.97 Å². The molecule has 1 aliphatic carbocycles. The van der Waals surface area contributed by atoms with Crippen LogP contribution >= 0.6 is 0 Å². The van der Waals surface area contributed by atoms with Crippen molar-refractivity contribution in [1.29, 1.82) is 0 Å². The Morgan fingerprint density at radius 3 is 2.76 bits per heavy atom. The predicted molar refractivity (Wildman–Crippen MR) is 80.2 cm³/mol. The van der Waals surface area contributed by atoms with Crippen molar-refractivity contribution in [2.24, 2.45) is 11.8 Å². The number of aliphatic carboxylic acids is 1. The minimum absolute atomic E-state index is 0.0305. The highest BCUT2D eigenvalue weighted by molar-refractivity contribution is 5.74. The Balaban J connectivity index is 2.09. The van der Waals surface area contributed by atoms with Crippen molar-refractivity contribution in [3.63, 3.8) is 0 Å². The van der Waals surface area contributed by atoms with Crippen LogP contribution in [0.4, 0.5) is 4.79 Å². The average Bonchev–Trinajstić information content (AvgIpc) is 2.42. The number of carbonyl (C=O) groups excluding carboxylic acids is 1. The van der Waals surface area contributed by atoms with Gasteiger partial charge in [-0.3, -0.25) is 4.79 Å². The molecule has 6 heteroatoms. The summed E-state index contributed by atoms with van der Waals surface area (Å²) < 4.78 is 5.43. The molecule has 2 atom stereocenters. The molecule has 0 heterocycles. The van der Waals surface area contributed by atoms with Crippen LogP contribution < -0.4 is 10.6 Å². The van der Waals surface area contributed by atoms with Crippen LogP contribution in [0.25, 0.3) is 0 Å². The molecule has 0 aromatic rings. The van der Waals surface area contributed by atoms with Crippen LogP contribution in [0.2, 0.25) is 0 Å². The molecule has 122 valence electrons. The fraction of sp³-hybridized carbons (Fsp3) is 0.867. The lowest BCUT2D eigenvalue weighted by molar-refractivity contribution is -0.143. The third-order valence-corrected chi connectivity index (χ3v) is 3.56. The number of carboxylic acids is 1. The Morgan fingerprint density at radius 2 is 2.10 bits per heavy atom. The normalized spacial score (nSPS) is 22.0. The molecular formula is C15H28N2O4. The standard InChI is InChI=1S/C15H28N2O4/c1-11(2)10-21-8-4-7-16-15(20)17-13-6-3-5-12(9-13)14(18)19/h11-13H,3-10H2,1-2H3,(H,18,19)(H2,16,17,20). The van der Waals surface area contributed by atoms with Crippen molar-refractivity contribution < 1.29 is 19.4 Å². The lowest BCUT2D eigenvalue weighted by Gasteiger charge is -2.27. The quantitative estimate of drug-likeness (QED) is 0.598. The zero-order chi connectivity index (χ0) is 15.7. The van der Waals surface area contributed by atoms with Crippen LogP contribution in [0.3, 0.4) is 0 Å². The van der Waals surface area contributed by atoms with Crippen LogP contribution in [-0.2, 0) is 9.53 Å². The van der Waals surface area contributed by atoms with Crippen LogP contribution in [-0.4, -0.2) is 42.9 Å². The van der Waals surface area contributed by atoms with E-state index in [2.05, 4.69) is 24.5 Å². The highest BCUT2D eigenvalue weighted by Crippen LogP contribution is 2.24. The summed E-state index contributed by atoms with van der Waals surface area (Å²) in [6.45, 7) is 6.15. The van der Waals surface area contributed by atoms with Gasteiger partial charge in [0.15, 0.2) is 0 Å². The van der Waals surface area contributed by atoms with Gasteiger partial charge in [-0.25, -0.2) is 4.79 Å². The number of amides is 2. The zero-order valence-corrected chi connectivity index (χ0v) is 13.1. The Kier molecular flexibility index (Phi) is 8.12. The molecule has 1 fully saturated rings. The van der Waals surface area contributed by atoms with E-state index in [0.717, 1.165) is 25.9 Å². The van der Waals surface area contributed by atoms with Crippen LogP contribution in [0.1, 0.15) is 46.0 Å². The maximum Gasteiger partial charge on any atom is 0.315 e. The van der Waals surface area contributed by atoms with E-state index in [1.807, 2.05) is 0 Å². The van der Waals surface area contributed by atoms with Crippen molar-refractivity contribution in [3.8, 4) is 0 Å². The lowest BCUT2D eigenvalue weighted by atomic mass is 9.86. The Labute approximate surface area is 126 Å². The summed E-state index contributed by atoms with van der Waals surface area (Å²) in [6.07, 6.45) is 3.73. The molecule has 3 N–H and O–H groups in total. The molecule has 1 aliphatic rings. The minimum atomic E-state index is -0.760. The number of carboxylic acid groups (broad SMARTS) is 1. The third kappa shape index (κ3) is 7.90.